The van der Waals surface area contributed by atoms with Crippen LogP contribution >= 0.6 is 0 Å². The highest BCUT2D eigenvalue weighted by molar-refractivity contribution is 5.88. The van der Waals surface area contributed by atoms with Crippen LogP contribution in [0.25, 0.3) is 5.78 Å². The largest absolute Gasteiger partial charge is 0.493 e. The van der Waals surface area contributed by atoms with Crippen molar-refractivity contribution in [1.82, 2.24) is 24.1 Å². The van der Waals surface area contributed by atoms with Gasteiger partial charge in [0.25, 0.3) is 5.56 Å². The van der Waals surface area contributed by atoms with Gasteiger partial charge in [0.1, 0.15) is 5.56 Å². The lowest BCUT2D eigenvalue weighted by molar-refractivity contribution is 0.0522. The van der Waals surface area contributed by atoms with Gasteiger partial charge < -0.3 is 29.0 Å². The minimum atomic E-state index is -0.665. The SMILES string of the molecule is CCOC(=O)c1cn(CCN2CCCCC2)c2nc(NCc3ccc(OC)c(OC)c3)nn2c1=O. The number of aromatic nitrogens is 4. The molecule has 0 atom stereocenters. The van der Waals surface area contributed by atoms with Gasteiger partial charge in [0, 0.05) is 25.8 Å². The molecule has 2 aromatic heterocycles. The molecule has 3 heterocycles. The number of methoxy groups -OCH3 is 2. The summed E-state index contributed by atoms with van der Waals surface area (Å²) in [5, 5.41) is 7.50. The van der Waals surface area contributed by atoms with E-state index in [-0.39, 0.29) is 18.1 Å². The van der Waals surface area contributed by atoms with Crippen LogP contribution in [-0.4, -0.2) is 70.5 Å². The number of hydrogen-bond donors (Lipinski definition) is 1. The van der Waals surface area contributed by atoms with Crippen LogP contribution < -0.4 is 20.3 Å². The van der Waals surface area contributed by atoms with Gasteiger partial charge in [-0.1, -0.05) is 12.5 Å². The Balaban J connectivity index is 1.61. The molecule has 11 nitrogen and oxygen atoms in total. The van der Waals surface area contributed by atoms with Crippen molar-refractivity contribution >= 4 is 17.7 Å². The van der Waals surface area contributed by atoms with Crippen LogP contribution in [0.3, 0.4) is 0 Å². The smallest absolute Gasteiger partial charge is 0.345 e. The zero-order chi connectivity index (χ0) is 24.8. The molecule has 188 valence electrons. The molecule has 0 unspecified atom stereocenters. The normalized spacial score (nSPS) is 14.1. The monoisotopic (exact) mass is 484 g/mol. The van der Waals surface area contributed by atoms with Crippen molar-refractivity contribution in [1.29, 1.82) is 0 Å². The Labute approximate surface area is 203 Å². The average Bonchev–Trinajstić information content (AvgIpc) is 3.32. The molecule has 1 fully saturated rings. The summed E-state index contributed by atoms with van der Waals surface area (Å²) >= 11 is 0. The van der Waals surface area contributed by atoms with Gasteiger partial charge in [-0.25, -0.2) is 4.79 Å². The van der Waals surface area contributed by atoms with Gasteiger partial charge in [-0.3, -0.25) is 4.79 Å². The van der Waals surface area contributed by atoms with Gasteiger partial charge in [0.2, 0.25) is 11.7 Å². The third-order valence-electron chi connectivity index (χ3n) is 6.05. The second kappa shape index (κ2) is 11.2. The molecule has 0 radical (unpaired) electrons. The second-order valence-corrected chi connectivity index (χ2v) is 8.35. The number of carbonyl (C=O) groups excluding carboxylic acids is 1. The number of piperidine rings is 1. The maximum atomic E-state index is 13.0. The lowest BCUT2D eigenvalue weighted by atomic mass is 10.1. The molecular weight excluding hydrogens is 452 g/mol. The number of benzene rings is 1. The zero-order valence-corrected chi connectivity index (χ0v) is 20.5. The first-order valence-electron chi connectivity index (χ1n) is 11.9. The van der Waals surface area contributed by atoms with E-state index in [0.29, 0.717) is 30.4 Å². The van der Waals surface area contributed by atoms with Crippen LogP contribution in [0.15, 0.2) is 29.2 Å². The lowest BCUT2D eigenvalue weighted by Crippen LogP contribution is -2.34. The van der Waals surface area contributed by atoms with Crippen LogP contribution in [0.2, 0.25) is 0 Å². The number of hydrogen-bond acceptors (Lipinski definition) is 9. The fourth-order valence-electron chi connectivity index (χ4n) is 4.20. The molecular formula is C24H32N6O5. The van der Waals surface area contributed by atoms with Crippen molar-refractivity contribution < 1.29 is 19.0 Å². The van der Waals surface area contributed by atoms with Crippen LogP contribution in [0.5, 0.6) is 11.5 Å². The average molecular weight is 485 g/mol. The molecule has 1 saturated heterocycles. The molecule has 1 aliphatic heterocycles. The molecule has 11 heteroatoms. The van der Waals surface area contributed by atoms with Crippen molar-refractivity contribution in [2.45, 2.75) is 39.3 Å². The fourth-order valence-corrected chi connectivity index (χ4v) is 4.20. The quantitative estimate of drug-likeness (QED) is 0.433. The molecule has 0 saturated carbocycles. The first-order chi connectivity index (χ1) is 17.0. The summed E-state index contributed by atoms with van der Waals surface area (Å²) in [5.41, 5.74) is 0.308. The van der Waals surface area contributed by atoms with Gasteiger partial charge in [0.15, 0.2) is 11.5 Å². The minimum Gasteiger partial charge on any atom is -0.493 e. The van der Waals surface area contributed by atoms with E-state index in [4.69, 9.17) is 14.2 Å². The summed E-state index contributed by atoms with van der Waals surface area (Å²) in [6.45, 7) is 5.75. The van der Waals surface area contributed by atoms with E-state index in [0.717, 1.165) is 25.2 Å². The Bertz CT molecular complexity index is 1230. The third-order valence-corrected chi connectivity index (χ3v) is 6.05. The Kier molecular flexibility index (Phi) is 7.86. The number of nitrogens with zero attached hydrogens (tertiary/aromatic N) is 5. The maximum Gasteiger partial charge on any atom is 0.345 e. The standard InChI is InChI=1S/C24H32N6O5/c1-4-35-22(32)18-16-29(13-12-28-10-6-5-7-11-28)24-26-23(27-30(24)21(18)31)25-15-17-8-9-19(33-2)20(14-17)34-3/h8-9,14,16H,4-7,10-13,15H2,1-3H3,(H,25,27). The van der Waals surface area contributed by atoms with Crippen LogP contribution in [-0.2, 0) is 17.8 Å². The summed E-state index contributed by atoms with van der Waals surface area (Å²) in [5.74, 6) is 1.24. The van der Waals surface area contributed by atoms with Gasteiger partial charge in [0.05, 0.1) is 20.8 Å². The van der Waals surface area contributed by atoms with E-state index in [1.165, 1.54) is 30.0 Å². The van der Waals surface area contributed by atoms with Crippen molar-refractivity contribution in [3.8, 4) is 11.5 Å². The van der Waals surface area contributed by atoms with E-state index < -0.39 is 11.5 Å². The Morgan fingerprint density at radius 3 is 2.57 bits per heavy atom. The van der Waals surface area contributed by atoms with E-state index in [1.807, 2.05) is 18.2 Å². The molecule has 0 amide bonds. The molecule has 4 rings (SSSR count). The molecule has 0 aliphatic carbocycles. The zero-order valence-electron chi connectivity index (χ0n) is 20.5. The van der Waals surface area contributed by atoms with Crippen LogP contribution in [0.1, 0.15) is 42.1 Å². The molecule has 3 aromatic rings. The number of esters is 1. The lowest BCUT2D eigenvalue weighted by Gasteiger charge is -2.26. The maximum absolute atomic E-state index is 13.0. The second-order valence-electron chi connectivity index (χ2n) is 8.35. The highest BCUT2D eigenvalue weighted by atomic mass is 16.5. The highest BCUT2D eigenvalue weighted by Gasteiger charge is 2.20. The van der Waals surface area contributed by atoms with E-state index in [1.54, 1.807) is 25.7 Å². The Morgan fingerprint density at radius 2 is 1.86 bits per heavy atom. The Hall–Kier alpha value is -3.60. The number of nitrogens with one attached hydrogen (secondary N) is 1. The predicted octanol–water partition coefficient (Wildman–Crippen LogP) is 2.18. The van der Waals surface area contributed by atoms with Gasteiger partial charge >= 0.3 is 5.97 Å². The Morgan fingerprint density at radius 1 is 1.09 bits per heavy atom. The van der Waals surface area contributed by atoms with Gasteiger partial charge in [-0.15, -0.1) is 5.10 Å². The summed E-state index contributed by atoms with van der Waals surface area (Å²) in [6.07, 6.45) is 5.16. The summed E-state index contributed by atoms with van der Waals surface area (Å²) in [6, 6.07) is 5.59. The van der Waals surface area contributed by atoms with Gasteiger partial charge in [-0.05, 0) is 50.6 Å². The highest BCUT2D eigenvalue weighted by Crippen LogP contribution is 2.27. The van der Waals surface area contributed by atoms with Crippen molar-refractivity contribution in [3.05, 3.63) is 45.9 Å². The molecule has 35 heavy (non-hydrogen) atoms. The fraction of sp³-hybridized carbons (Fsp3) is 0.500. The van der Waals surface area contributed by atoms with Crippen LogP contribution in [0.4, 0.5) is 5.95 Å². The van der Waals surface area contributed by atoms with E-state index in [2.05, 4.69) is 20.3 Å². The van der Waals surface area contributed by atoms with Crippen molar-refractivity contribution in [3.63, 3.8) is 0 Å². The van der Waals surface area contributed by atoms with Gasteiger partial charge in [-0.2, -0.15) is 9.50 Å². The first kappa shape index (κ1) is 24.5. The summed E-state index contributed by atoms with van der Waals surface area (Å²) in [7, 11) is 3.17. The summed E-state index contributed by atoms with van der Waals surface area (Å²) < 4.78 is 18.7. The molecule has 0 spiro atoms. The number of rotatable bonds is 10. The van der Waals surface area contributed by atoms with Crippen LogP contribution in [0, 0.1) is 0 Å². The summed E-state index contributed by atoms with van der Waals surface area (Å²) in [4.78, 5) is 32.4. The number of carbonyl (C=O) groups is 1. The number of fused-ring (bicyclic) bond motifs is 1. The molecule has 1 N–H and O–H groups in total. The molecule has 1 aromatic carbocycles. The first-order valence-corrected chi connectivity index (χ1v) is 11.9. The topological polar surface area (TPSA) is 112 Å². The van der Waals surface area contributed by atoms with Crippen molar-refractivity contribution in [2.75, 3.05) is 45.8 Å². The third kappa shape index (κ3) is 5.56. The van der Waals surface area contributed by atoms with E-state index >= 15 is 0 Å². The molecule has 0 bridgehead atoms. The number of ether oxygens (including phenoxy) is 3. The number of likely N-dealkylation sites (tertiary alicyclic amines) is 1. The minimum absolute atomic E-state index is 0.0608. The van der Waals surface area contributed by atoms with Crippen molar-refractivity contribution in [2.24, 2.45) is 0 Å². The predicted molar refractivity (Wildman–Crippen MR) is 130 cm³/mol. The molecule has 1 aliphatic rings. The van der Waals surface area contributed by atoms with E-state index in [9.17, 15) is 9.59 Å². The number of anilines is 1.